The van der Waals surface area contributed by atoms with Crippen molar-refractivity contribution in [1.82, 2.24) is 15.0 Å². The lowest BCUT2D eigenvalue weighted by Gasteiger charge is -2.10. The Morgan fingerprint density at radius 2 is 1.37 bits per heavy atom. The van der Waals surface area contributed by atoms with Crippen molar-refractivity contribution in [3.63, 3.8) is 0 Å². The van der Waals surface area contributed by atoms with E-state index >= 15 is 0 Å². The van der Waals surface area contributed by atoms with Gasteiger partial charge in [0.15, 0.2) is 12.2 Å². The van der Waals surface area contributed by atoms with E-state index in [0.717, 1.165) is 12.3 Å². The quantitative estimate of drug-likeness (QED) is 0.0765. The van der Waals surface area contributed by atoms with E-state index in [4.69, 9.17) is 27.6 Å². The standard InChI is InChI=1S/C16H10ClF5N2O3S.C15H10ClN3O4S/c17-10-4-12(19)14(5-11(10)18)24-28(25,26)15-6-23-13-3-8(1-2-9(13)15)27-7-16(20,21)22;16-8-4-5-9-12(6-8)17-7-13(9)24(21,22)19-11-3-1-2-10-14(11)23-15(20)18-10/h1-6,23-24H,7H2;1-7,17,19H,(H,18,20). The molecule has 0 radical (unpaired) electrons. The first-order valence-electron chi connectivity index (χ1n) is 14.3. The maximum Gasteiger partial charge on any atom is 0.422 e. The highest BCUT2D eigenvalue weighted by molar-refractivity contribution is 7.93. The van der Waals surface area contributed by atoms with Crippen molar-refractivity contribution < 1.29 is 47.9 Å². The average molecular weight is 805 g/mol. The van der Waals surface area contributed by atoms with Crippen molar-refractivity contribution in [2.75, 3.05) is 16.1 Å². The van der Waals surface area contributed by atoms with Gasteiger partial charge in [-0.3, -0.25) is 14.4 Å². The van der Waals surface area contributed by atoms with Crippen LogP contribution in [0.4, 0.5) is 33.3 Å². The van der Waals surface area contributed by atoms with Crippen LogP contribution < -0.4 is 19.9 Å². The van der Waals surface area contributed by atoms with Gasteiger partial charge in [0.05, 0.1) is 27.4 Å². The maximum absolute atomic E-state index is 13.9. The second-order valence-corrected chi connectivity index (χ2v) is 14.9. The Labute approximate surface area is 298 Å². The van der Waals surface area contributed by atoms with E-state index in [1.165, 1.54) is 24.4 Å². The summed E-state index contributed by atoms with van der Waals surface area (Å²) in [7, 11) is -8.24. The van der Waals surface area contributed by atoms with Gasteiger partial charge in [-0.2, -0.15) is 13.2 Å². The van der Waals surface area contributed by atoms with Crippen LogP contribution in [0.2, 0.25) is 10.0 Å². The van der Waals surface area contributed by atoms with Crippen molar-refractivity contribution >= 4 is 87.5 Å². The highest BCUT2D eigenvalue weighted by atomic mass is 35.5. The smallest absolute Gasteiger partial charge is 0.422 e. The van der Waals surface area contributed by atoms with E-state index < -0.39 is 60.9 Å². The van der Waals surface area contributed by atoms with Crippen LogP contribution in [0.3, 0.4) is 0 Å². The molecule has 0 unspecified atom stereocenters. The number of sulfonamides is 2. The highest BCUT2D eigenvalue weighted by Gasteiger charge is 2.29. The summed E-state index contributed by atoms with van der Waals surface area (Å²) in [6, 6.07) is 14.4. The summed E-state index contributed by atoms with van der Waals surface area (Å²) in [6.45, 7) is -1.51. The molecule has 0 atom stereocenters. The molecule has 0 spiro atoms. The first-order chi connectivity index (χ1) is 24.4. The van der Waals surface area contributed by atoms with Crippen molar-refractivity contribution in [2.24, 2.45) is 0 Å². The number of aromatic nitrogens is 3. The van der Waals surface area contributed by atoms with Gasteiger partial charge in [-0.05, 0) is 48.5 Å². The highest BCUT2D eigenvalue weighted by Crippen LogP contribution is 2.32. The predicted octanol–water partition coefficient (Wildman–Crippen LogP) is 7.90. The molecule has 21 heteroatoms. The lowest BCUT2D eigenvalue weighted by Crippen LogP contribution is -2.19. The number of nitrogens with one attached hydrogen (secondary N) is 5. The van der Waals surface area contributed by atoms with E-state index in [0.29, 0.717) is 33.6 Å². The minimum Gasteiger partial charge on any atom is -0.484 e. The van der Waals surface area contributed by atoms with Crippen molar-refractivity contribution in [3.05, 3.63) is 111 Å². The third-order valence-corrected chi connectivity index (χ3v) is 10.5. The molecule has 3 heterocycles. The Morgan fingerprint density at radius 3 is 2.02 bits per heavy atom. The second kappa shape index (κ2) is 13.7. The SMILES string of the molecule is O=S(=O)(Nc1cc(F)c(Cl)cc1F)c1c[nH]c2cc(OCC(F)(F)F)ccc12.O=c1[nH]c2cccc(NS(=O)(=O)c3c[nH]c4cc(Cl)ccc34)c2o1. The van der Waals surface area contributed by atoms with Crippen LogP contribution in [0.15, 0.2) is 98.1 Å². The Balaban J connectivity index is 0.000000180. The summed E-state index contributed by atoms with van der Waals surface area (Å²) in [4.78, 5) is 19.0. The van der Waals surface area contributed by atoms with Crippen LogP contribution in [0, 0.1) is 11.6 Å². The molecule has 0 aliphatic rings. The molecule has 52 heavy (non-hydrogen) atoms. The zero-order valence-corrected chi connectivity index (χ0v) is 28.7. The molecule has 272 valence electrons. The van der Waals surface area contributed by atoms with Crippen molar-refractivity contribution in [1.29, 1.82) is 0 Å². The largest absolute Gasteiger partial charge is 0.484 e. The zero-order chi connectivity index (χ0) is 37.6. The van der Waals surface area contributed by atoms with Crippen LogP contribution in [0.1, 0.15) is 0 Å². The minimum atomic E-state index is -4.53. The van der Waals surface area contributed by atoms with Gasteiger partial charge >= 0.3 is 11.9 Å². The molecule has 4 aromatic carbocycles. The van der Waals surface area contributed by atoms with E-state index in [1.807, 2.05) is 4.72 Å². The number of benzene rings is 4. The Morgan fingerprint density at radius 1 is 0.750 bits per heavy atom. The number of anilines is 2. The van der Waals surface area contributed by atoms with E-state index in [9.17, 15) is 43.6 Å². The third kappa shape index (κ3) is 7.81. The normalized spacial score (nSPS) is 12.2. The first-order valence-corrected chi connectivity index (χ1v) is 18.0. The Kier molecular flexibility index (Phi) is 9.64. The number of hydrogen-bond acceptors (Lipinski definition) is 7. The number of halogens is 7. The van der Waals surface area contributed by atoms with Gasteiger partial charge in [-0.1, -0.05) is 29.3 Å². The molecule has 7 rings (SSSR count). The van der Waals surface area contributed by atoms with Gasteiger partial charge in [-0.25, -0.2) is 30.4 Å². The lowest BCUT2D eigenvalue weighted by atomic mass is 10.2. The Bertz CT molecular complexity index is 2760. The lowest BCUT2D eigenvalue weighted by molar-refractivity contribution is -0.153. The molecule has 12 nitrogen and oxygen atoms in total. The zero-order valence-electron chi connectivity index (χ0n) is 25.5. The molecule has 7 aromatic rings. The number of H-pyrrole nitrogens is 3. The Hall–Kier alpha value is -5.24. The van der Waals surface area contributed by atoms with E-state index in [-0.39, 0.29) is 37.7 Å². The summed E-state index contributed by atoms with van der Waals surface area (Å²) >= 11 is 11.3. The molecule has 0 bridgehead atoms. The van der Waals surface area contributed by atoms with Crippen molar-refractivity contribution in [3.8, 4) is 5.75 Å². The molecule has 3 aromatic heterocycles. The number of oxazole rings is 1. The second-order valence-electron chi connectivity index (χ2n) is 10.8. The summed E-state index contributed by atoms with van der Waals surface area (Å²) in [6.07, 6.45) is -2.08. The number of aromatic amines is 3. The summed E-state index contributed by atoms with van der Waals surface area (Å²) in [5.41, 5.74) is 0.854. The van der Waals surface area contributed by atoms with Gasteiger partial charge in [0, 0.05) is 45.8 Å². The number of ether oxygens (including phenoxy) is 1. The number of hydrogen-bond donors (Lipinski definition) is 5. The van der Waals surface area contributed by atoms with Crippen LogP contribution in [0.25, 0.3) is 32.9 Å². The van der Waals surface area contributed by atoms with E-state index in [1.54, 1.807) is 30.3 Å². The minimum absolute atomic E-state index is 0.0732. The predicted molar refractivity (Wildman–Crippen MR) is 183 cm³/mol. The van der Waals surface area contributed by atoms with Crippen LogP contribution in [-0.4, -0.2) is 44.6 Å². The fourth-order valence-electron chi connectivity index (χ4n) is 4.90. The molecular weight excluding hydrogens is 784 g/mol. The number of alkyl halides is 3. The average Bonchev–Trinajstić information content (AvgIpc) is 3.79. The summed E-state index contributed by atoms with van der Waals surface area (Å²) in [5, 5.41) is 0.607. The van der Waals surface area contributed by atoms with Crippen LogP contribution >= 0.6 is 23.2 Å². The monoisotopic (exact) mass is 803 g/mol. The van der Waals surface area contributed by atoms with Crippen LogP contribution in [-0.2, 0) is 20.0 Å². The van der Waals surface area contributed by atoms with Crippen LogP contribution in [0.5, 0.6) is 5.75 Å². The van der Waals surface area contributed by atoms with Crippen molar-refractivity contribution in [2.45, 2.75) is 16.0 Å². The van der Waals surface area contributed by atoms with Gasteiger partial charge in [0.2, 0.25) is 0 Å². The van der Waals surface area contributed by atoms with Gasteiger partial charge in [-0.15, -0.1) is 0 Å². The molecule has 0 aliphatic carbocycles. The van der Waals surface area contributed by atoms with Gasteiger partial charge in [0.25, 0.3) is 20.0 Å². The maximum atomic E-state index is 13.9. The van der Waals surface area contributed by atoms with Gasteiger partial charge < -0.3 is 19.1 Å². The molecular formula is C31H20Cl2F5N5O7S2. The molecule has 0 aliphatic heterocycles. The number of para-hydroxylation sites is 1. The fraction of sp³-hybridized carbons (Fsp3) is 0.0645. The van der Waals surface area contributed by atoms with Gasteiger partial charge in [0.1, 0.15) is 27.2 Å². The summed E-state index contributed by atoms with van der Waals surface area (Å²) in [5.74, 6) is -2.89. The molecule has 0 saturated carbocycles. The molecule has 0 fully saturated rings. The number of rotatable bonds is 8. The summed E-state index contributed by atoms with van der Waals surface area (Å²) < 4.78 is 128. The van der Waals surface area contributed by atoms with E-state index in [2.05, 4.69) is 24.4 Å². The third-order valence-electron chi connectivity index (χ3n) is 7.15. The topological polar surface area (TPSA) is 179 Å². The molecule has 0 saturated heterocycles. The molecule has 5 N–H and O–H groups in total. The molecule has 0 amide bonds. The fourth-order valence-corrected chi connectivity index (χ4v) is 7.71. The number of fused-ring (bicyclic) bond motifs is 3. The first kappa shape index (κ1) is 36.5.